The molecule has 19 heavy (non-hydrogen) atoms. The second-order valence-electron chi connectivity index (χ2n) is 4.30. The second kappa shape index (κ2) is 5.36. The molecule has 2 aromatic heterocycles. The van der Waals surface area contributed by atoms with E-state index in [0.29, 0.717) is 17.5 Å². The number of aromatic nitrogens is 3. The topological polar surface area (TPSA) is 87.1 Å². The van der Waals surface area contributed by atoms with Crippen molar-refractivity contribution in [3.05, 3.63) is 24.2 Å². The summed E-state index contributed by atoms with van der Waals surface area (Å²) in [6.45, 7) is 4.07. The van der Waals surface area contributed by atoms with Gasteiger partial charge in [-0.3, -0.25) is 0 Å². The van der Waals surface area contributed by atoms with Crippen molar-refractivity contribution in [2.75, 3.05) is 12.8 Å². The highest BCUT2D eigenvalue weighted by Gasteiger charge is 2.33. The molecule has 2 N–H and O–H groups in total. The molecule has 0 aliphatic heterocycles. The van der Waals surface area contributed by atoms with E-state index in [9.17, 15) is 0 Å². The van der Waals surface area contributed by atoms with Crippen molar-refractivity contribution in [1.29, 1.82) is 0 Å². The molecule has 2 aromatic rings. The van der Waals surface area contributed by atoms with Crippen molar-refractivity contribution in [2.24, 2.45) is 0 Å². The van der Waals surface area contributed by atoms with Crippen LogP contribution in [0.5, 0.6) is 0 Å². The van der Waals surface area contributed by atoms with Crippen LogP contribution in [0.25, 0.3) is 11.5 Å². The van der Waals surface area contributed by atoms with Gasteiger partial charge in [0.05, 0.1) is 5.56 Å². The lowest BCUT2D eigenvalue weighted by Gasteiger charge is -2.25. The van der Waals surface area contributed by atoms with Gasteiger partial charge in [0.1, 0.15) is 11.4 Å². The van der Waals surface area contributed by atoms with Crippen molar-refractivity contribution in [3.63, 3.8) is 0 Å². The van der Waals surface area contributed by atoms with Gasteiger partial charge < -0.3 is 15.0 Å². The number of nitrogens with zero attached hydrogens (tertiary/aromatic N) is 3. The fraction of sp³-hybridized carbons (Fsp3) is 0.462. The molecule has 2 rings (SSSR count). The van der Waals surface area contributed by atoms with Gasteiger partial charge in [-0.1, -0.05) is 19.0 Å². The van der Waals surface area contributed by atoms with Gasteiger partial charge in [-0.25, -0.2) is 4.98 Å². The molecule has 102 valence electrons. The van der Waals surface area contributed by atoms with E-state index in [1.807, 2.05) is 13.8 Å². The standard InChI is InChI=1S/C13H18N4O2/c1-4-13(5-2,18-3)12-16-11(19-17-12)9-6-7-10(14)15-8-9/h6-8H,4-5H2,1-3H3,(H2,14,15). The molecule has 0 atom stereocenters. The first-order chi connectivity index (χ1) is 9.15. The van der Waals surface area contributed by atoms with E-state index in [4.69, 9.17) is 15.0 Å². The van der Waals surface area contributed by atoms with E-state index >= 15 is 0 Å². The summed E-state index contributed by atoms with van der Waals surface area (Å²) in [6.07, 6.45) is 3.16. The van der Waals surface area contributed by atoms with E-state index in [0.717, 1.165) is 18.4 Å². The zero-order valence-electron chi connectivity index (χ0n) is 11.4. The van der Waals surface area contributed by atoms with Gasteiger partial charge in [-0.05, 0) is 25.0 Å². The quantitative estimate of drug-likeness (QED) is 0.890. The molecule has 6 heteroatoms. The lowest BCUT2D eigenvalue weighted by Crippen LogP contribution is -2.28. The number of hydrogen-bond acceptors (Lipinski definition) is 6. The molecular weight excluding hydrogens is 244 g/mol. The molecule has 0 aromatic carbocycles. The number of ether oxygens (including phenoxy) is 1. The van der Waals surface area contributed by atoms with E-state index in [-0.39, 0.29) is 0 Å². The average molecular weight is 262 g/mol. The SMILES string of the molecule is CCC(CC)(OC)c1noc(-c2ccc(N)nc2)n1. The number of rotatable bonds is 5. The minimum absolute atomic E-state index is 0.422. The van der Waals surface area contributed by atoms with Crippen LogP contribution in [0.4, 0.5) is 5.82 Å². The number of pyridine rings is 1. The average Bonchev–Trinajstić information content (AvgIpc) is 2.93. The van der Waals surface area contributed by atoms with E-state index < -0.39 is 5.60 Å². The van der Waals surface area contributed by atoms with Crippen LogP contribution < -0.4 is 5.73 Å². The Bertz CT molecular complexity index is 524. The predicted molar refractivity (Wildman–Crippen MR) is 71.2 cm³/mol. The third-order valence-corrected chi connectivity index (χ3v) is 3.40. The maximum atomic E-state index is 5.57. The minimum atomic E-state index is -0.497. The van der Waals surface area contributed by atoms with Crippen molar-refractivity contribution < 1.29 is 9.26 Å². The van der Waals surface area contributed by atoms with Crippen LogP contribution in [-0.2, 0) is 10.3 Å². The summed E-state index contributed by atoms with van der Waals surface area (Å²) in [7, 11) is 1.66. The first-order valence-corrected chi connectivity index (χ1v) is 6.26. The third kappa shape index (κ3) is 2.44. The number of hydrogen-bond donors (Lipinski definition) is 1. The molecule has 0 radical (unpaired) electrons. The van der Waals surface area contributed by atoms with Crippen LogP contribution in [-0.4, -0.2) is 22.2 Å². The summed E-state index contributed by atoms with van der Waals surface area (Å²) >= 11 is 0. The van der Waals surface area contributed by atoms with Crippen LogP contribution >= 0.6 is 0 Å². The number of anilines is 1. The van der Waals surface area contributed by atoms with Crippen molar-refractivity contribution in [3.8, 4) is 11.5 Å². The normalized spacial score (nSPS) is 11.7. The van der Waals surface area contributed by atoms with Crippen LogP contribution in [0.3, 0.4) is 0 Å². The van der Waals surface area contributed by atoms with Crippen LogP contribution in [0, 0.1) is 0 Å². The van der Waals surface area contributed by atoms with Gasteiger partial charge in [0.15, 0.2) is 0 Å². The summed E-state index contributed by atoms with van der Waals surface area (Å²) < 4.78 is 10.9. The zero-order valence-corrected chi connectivity index (χ0v) is 11.4. The molecule has 0 saturated heterocycles. The molecule has 0 bridgehead atoms. The second-order valence-corrected chi connectivity index (χ2v) is 4.30. The molecule has 0 amide bonds. The summed E-state index contributed by atoms with van der Waals surface area (Å²) in [6, 6.07) is 3.49. The van der Waals surface area contributed by atoms with Gasteiger partial charge in [-0.2, -0.15) is 4.98 Å². The van der Waals surface area contributed by atoms with Crippen molar-refractivity contribution in [1.82, 2.24) is 15.1 Å². The third-order valence-electron chi connectivity index (χ3n) is 3.40. The fourth-order valence-electron chi connectivity index (χ4n) is 2.00. The summed E-state index contributed by atoms with van der Waals surface area (Å²) in [5, 5.41) is 4.03. The molecule has 0 aliphatic carbocycles. The van der Waals surface area contributed by atoms with Crippen LogP contribution in [0.15, 0.2) is 22.9 Å². The Hall–Kier alpha value is -1.95. The minimum Gasteiger partial charge on any atom is -0.384 e. The smallest absolute Gasteiger partial charge is 0.259 e. The molecular formula is C13H18N4O2. The molecule has 0 aliphatic rings. The van der Waals surface area contributed by atoms with Crippen LogP contribution in [0.2, 0.25) is 0 Å². The first-order valence-electron chi connectivity index (χ1n) is 6.26. The summed E-state index contributed by atoms with van der Waals surface area (Å²) in [4.78, 5) is 8.42. The van der Waals surface area contributed by atoms with Gasteiger partial charge in [0.2, 0.25) is 5.82 Å². The number of nitrogens with two attached hydrogens (primary N) is 1. The number of nitrogen functional groups attached to an aromatic ring is 1. The highest BCUT2D eigenvalue weighted by Crippen LogP contribution is 2.31. The van der Waals surface area contributed by atoms with Crippen molar-refractivity contribution >= 4 is 5.82 Å². The molecule has 2 heterocycles. The largest absolute Gasteiger partial charge is 0.384 e. The molecule has 6 nitrogen and oxygen atoms in total. The van der Waals surface area contributed by atoms with E-state index in [2.05, 4.69) is 15.1 Å². The Balaban J connectivity index is 2.35. The maximum Gasteiger partial charge on any atom is 0.259 e. The van der Waals surface area contributed by atoms with Gasteiger partial charge in [-0.15, -0.1) is 0 Å². The Morgan fingerprint density at radius 2 is 2.05 bits per heavy atom. The van der Waals surface area contributed by atoms with Gasteiger partial charge in [0, 0.05) is 13.3 Å². The van der Waals surface area contributed by atoms with E-state index in [1.165, 1.54) is 0 Å². The monoisotopic (exact) mass is 262 g/mol. The molecule has 0 saturated carbocycles. The predicted octanol–water partition coefficient (Wildman–Crippen LogP) is 2.38. The highest BCUT2D eigenvalue weighted by atomic mass is 16.5. The zero-order chi connectivity index (χ0) is 13.9. The van der Waals surface area contributed by atoms with E-state index in [1.54, 1.807) is 25.4 Å². The summed E-state index contributed by atoms with van der Waals surface area (Å²) in [5.74, 6) is 1.44. The van der Waals surface area contributed by atoms with Crippen molar-refractivity contribution in [2.45, 2.75) is 32.3 Å². The fourth-order valence-corrected chi connectivity index (χ4v) is 2.00. The highest BCUT2D eigenvalue weighted by molar-refractivity contribution is 5.53. The van der Waals surface area contributed by atoms with Gasteiger partial charge in [0.25, 0.3) is 5.89 Å². The Morgan fingerprint density at radius 3 is 2.58 bits per heavy atom. The Morgan fingerprint density at radius 1 is 1.32 bits per heavy atom. The lowest BCUT2D eigenvalue weighted by atomic mass is 9.96. The molecule has 0 unspecified atom stereocenters. The Labute approximate surface area is 112 Å². The first kappa shape index (κ1) is 13.5. The summed E-state index contributed by atoms with van der Waals surface area (Å²) in [5.41, 5.74) is 5.79. The number of methoxy groups -OCH3 is 1. The molecule has 0 spiro atoms. The van der Waals surface area contributed by atoms with Crippen LogP contribution in [0.1, 0.15) is 32.5 Å². The lowest BCUT2D eigenvalue weighted by molar-refractivity contribution is -0.0306. The molecule has 0 fully saturated rings. The van der Waals surface area contributed by atoms with Gasteiger partial charge >= 0.3 is 0 Å². The Kier molecular flexibility index (Phi) is 3.80. The maximum absolute atomic E-state index is 5.57.